The summed E-state index contributed by atoms with van der Waals surface area (Å²) < 4.78 is 12.4. The van der Waals surface area contributed by atoms with Gasteiger partial charge in [-0.2, -0.15) is 0 Å². The molecule has 1 fully saturated rings. The normalized spacial score (nSPS) is 32.4. The van der Waals surface area contributed by atoms with Crippen LogP contribution < -0.4 is 5.32 Å². The molecular formula is C13H27NOS. The van der Waals surface area contributed by atoms with E-state index in [2.05, 4.69) is 39.9 Å². The maximum Gasteiger partial charge on any atom is 0.0511 e. The third kappa shape index (κ3) is 2.86. The zero-order valence-electron chi connectivity index (χ0n) is 11.6. The zero-order valence-corrected chi connectivity index (χ0v) is 12.4. The van der Waals surface area contributed by atoms with E-state index in [-0.39, 0.29) is 10.2 Å². The second-order valence-electron chi connectivity index (χ2n) is 6.60. The van der Waals surface area contributed by atoms with Gasteiger partial charge < -0.3 is 5.32 Å². The monoisotopic (exact) mass is 245 g/mol. The molecule has 3 heteroatoms. The predicted molar refractivity (Wildman–Crippen MR) is 72.2 cm³/mol. The van der Waals surface area contributed by atoms with Crippen molar-refractivity contribution in [3.63, 3.8) is 0 Å². The summed E-state index contributed by atoms with van der Waals surface area (Å²) in [6.45, 7) is 10.8. The number of hydrogen-bond donors (Lipinski definition) is 1. The van der Waals surface area contributed by atoms with Crippen LogP contribution in [0.4, 0.5) is 0 Å². The average molecular weight is 245 g/mol. The van der Waals surface area contributed by atoms with Crippen LogP contribution in [0.2, 0.25) is 0 Å². The molecule has 3 unspecified atom stereocenters. The molecule has 1 aliphatic rings. The molecule has 3 atom stereocenters. The Balaban J connectivity index is 2.91. The van der Waals surface area contributed by atoms with Crippen LogP contribution in [-0.2, 0) is 10.8 Å². The van der Waals surface area contributed by atoms with Crippen molar-refractivity contribution in [3.8, 4) is 0 Å². The molecule has 1 saturated carbocycles. The topological polar surface area (TPSA) is 29.1 Å². The van der Waals surface area contributed by atoms with Gasteiger partial charge in [0.2, 0.25) is 0 Å². The lowest BCUT2D eigenvalue weighted by molar-refractivity contribution is 0.180. The summed E-state index contributed by atoms with van der Waals surface area (Å²) in [5.74, 6) is 0. The summed E-state index contributed by atoms with van der Waals surface area (Å²) in [6, 6.07) is 0.376. The first-order chi connectivity index (χ1) is 7.20. The third-order valence-electron chi connectivity index (χ3n) is 3.71. The highest BCUT2D eigenvalue weighted by atomic mass is 32.2. The minimum Gasteiger partial charge on any atom is -0.315 e. The minimum atomic E-state index is -0.763. The fraction of sp³-hybridized carbons (Fsp3) is 1.00. The molecule has 0 spiro atoms. The second kappa shape index (κ2) is 4.77. The van der Waals surface area contributed by atoms with Crippen molar-refractivity contribution in [3.05, 3.63) is 0 Å². The Morgan fingerprint density at radius 2 is 1.88 bits per heavy atom. The van der Waals surface area contributed by atoms with Gasteiger partial charge >= 0.3 is 0 Å². The fourth-order valence-electron chi connectivity index (χ4n) is 2.85. The van der Waals surface area contributed by atoms with Gasteiger partial charge in [0.05, 0.1) is 5.25 Å². The average Bonchev–Trinajstić information content (AvgIpc) is 2.13. The van der Waals surface area contributed by atoms with Crippen LogP contribution in [0.5, 0.6) is 0 Å². The molecule has 0 aliphatic heterocycles. The van der Waals surface area contributed by atoms with Crippen molar-refractivity contribution in [2.75, 3.05) is 7.05 Å². The van der Waals surface area contributed by atoms with E-state index in [0.717, 1.165) is 6.42 Å². The van der Waals surface area contributed by atoms with E-state index in [4.69, 9.17) is 0 Å². The molecule has 0 aromatic carbocycles. The Morgan fingerprint density at radius 3 is 2.31 bits per heavy atom. The maximum absolute atomic E-state index is 12.5. The summed E-state index contributed by atoms with van der Waals surface area (Å²) in [7, 11) is 1.24. The van der Waals surface area contributed by atoms with Gasteiger partial charge in [-0.05, 0) is 46.1 Å². The Labute approximate surface area is 103 Å². The SMILES string of the molecule is CNC1C(S(=O)C(C)(C)C)CCCC1(C)C. The molecule has 1 rings (SSSR count). The van der Waals surface area contributed by atoms with Crippen LogP contribution in [0, 0.1) is 5.41 Å². The third-order valence-corrected chi connectivity index (χ3v) is 5.98. The van der Waals surface area contributed by atoms with E-state index in [0.29, 0.717) is 11.3 Å². The first kappa shape index (κ1) is 14.2. The van der Waals surface area contributed by atoms with Crippen molar-refractivity contribution in [2.24, 2.45) is 5.41 Å². The quantitative estimate of drug-likeness (QED) is 0.810. The zero-order chi connectivity index (χ0) is 12.6. The lowest BCUT2D eigenvalue weighted by Crippen LogP contribution is -2.55. The number of rotatable bonds is 2. The van der Waals surface area contributed by atoms with Gasteiger partial charge in [0.25, 0.3) is 0 Å². The van der Waals surface area contributed by atoms with Gasteiger partial charge in [-0.15, -0.1) is 0 Å². The molecule has 0 radical (unpaired) electrons. The van der Waals surface area contributed by atoms with E-state index in [1.165, 1.54) is 12.8 Å². The van der Waals surface area contributed by atoms with Crippen LogP contribution in [-0.4, -0.2) is 27.3 Å². The summed E-state index contributed by atoms with van der Waals surface area (Å²) in [5, 5.41) is 3.70. The molecule has 96 valence electrons. The molecule has 1 N–H and O–H groups in total. The maximum atomic E-state index is 12.5. The number of nitrogens with one attached hydrogen (secondary N) is 1. The lowest BCUT2D eigenvalue weighted by atomic mass is 9.73. The van der Waals surface area contributed by atoms with Crippen molar-refractivity contribution < 1.29 is 4.21 Å². The standard InChI is InChI=1S/C13H27NOS/c1-12(2,3)16(15)10-8-7-9-13(4,5)11(10)14-6/h10-11,14H,7-9H2,1-6H3. The molecule has 0 amide bonds. The van der Waals surface area contributed by atoms with Gasteiger partial charge in [0.15, 0.2) is 0 Å². The Hall–Kier alpha value is 0.110. The number of hydrogen-bond acceptors (Lipinski definition) is 2. The summed E-state index contributed by atoms with van der Waals surface area (Å²) in [6.07, 6.45) is 3.53. The van der Waals surface area contributed by atoms with Crippen LogP contribution in [0.15, 0.2) is 0 Å². The van der Waals surface area contributed by atoms with E-state index >= 15 is 0 Å². The molecular weight excluding hydrogens is 218 g/mol. The molecule has 2 nitrogen and oxygen atoms in total. The lowest BCUT2D eigenvalue weighted by Gasteiger charge is -2.45. The van der Waals surface area contributed by atoms with Crippen LogP contribution >= 0.6 is 0 Å². The van der Waals surface area contributed by atoms with Gasteiger partial charge in [-0.1, -0.05) is 20.3 Å². The van der Waals surface area contributed by atoms with Crippen molar-refractivity contribution in [1.82, 2.24) is 5.32 Å². The highest BCUT2D eigenvalue weighted by molar-refractivity contribution is 7.87. The predicted octanol–water partition coefficient (Wildman–Crippen LogP) is 2.70. The molecule has 0 heterocycles. The molecule has 1 aliphatic carbocycles. The second-order valence-corrected chi connectivity index (χ2v) is 9.02. The molecule has 0 saturated heterocycles. The van der Waals surface area contributed by atoms with Gasteiger partial charge in [-0.25, -0.2) is 0 Å². The Morgan fingerprint density at radius 1 is 1.31 bits per heavy atom. The summed E-state index contributed by atoms with van der Waals surface area (Å²) >= 11 is 0. The Kier molecular flexibility index (Phi) is 4.23. The van der Waals surface area contributed by atoms with Crippen molar-refractivity contribution in [2.45, 2.75) is 69.9 Å². The van der Waals surface area contributed by atoms with Crippen LogP contribution in [0.25, 0.3) is 0 Å². The van der Waals surface area contributed by atoms with Gasteiger partial charge in [-0.3, -0.25) is 4.21 Å². The molecule has 0 aromatic rings. The highest BCUT2D eigenvalue weighted by Gasteiger charge is 2.43. The molecule has 0 bridgehead atoms. The first-order valence-corrected chi connectivity index (χ1v) is 7.49. The molecule has 16 heavy (non-hydrogen) atoms. The largest absolute Gasteiger partial charge is 0.315 e. The first-order valence-electron chi connectivity index (χ1n) is 6.28. The fourth-order valence-corrected chi connectivity index (χ4v) is 4.89. The summed E-state index contributed by atoms with van der Waals surface area (Å²) in [5.41, 5.74) is 0.262. The molecule has 0 aromatic heterocycles. The highest BCUT2D eigenvalue weighted by Crippen LogP contribution is 2.39. The Bertz CT molecular complexity index is 268. The van der Waals surface area contributed by atoms with Gasteiger partial charge in [0, 0.05) is 21.6 Å². The minimum absolute atomic E-state index is 0.104. The van der Waals surface area contributed by atoms with Crippen molar-refractivity contribution in [1.29, 1.82) is 0 Å². The van der Waals surface area contributed by atoms with Crippen LogP contribution in [0.3, 0.4) is 0 Å². The van der Waals surface area contributed by atoms with E-state index in [1.54, 1.807) is 0 Å². The van der Waals surface area contributed by atoms with E-state index < -0.39 is 10.8 Å². The van der Waals surface area contributed by atoms with E-state index in [9.17, 15) is 4.21 Å². The van der Waals surface area contributed by atoms with E-state index in [1.807, 2.05) is 7.05 Å². The van der Waals surface area contributed by atoms with Crippen molar-refractivity contribution >= 4 is 10.8 Å². The smallest absolute Gasteiger partial charge is 0.0511 e. The van der Waals surface area contributed by atoms with Gasteiger partial charge in [0.1, 0.15) is 0 Å². The van der Waals surface area contributed by atoms with Crippen LogP contribution in [0.1, 0.15) is 53.9 Å². The summed E-state index contributed by atoms with van der Waals surface area (Å²) in [4.78, 5) is 0.